The van der Waals surface area contributed by atoms with Crippen molar-refractivity contribution in [3.05, 3.63) is 5.53 Å². The molecule has 0 aliphatic rings. The second kappa shape index (κ2) is 11.3. The molecule has 0 fully saturated rings. The maximum absolute atomic E-state index is 11.3. The summed E-state index contributed by atoms with van der Waals surface area (Å²) in [5, 5.41) is 0. The molecule has 0 aliphatic heterocycles. The maximum atomic E-state index is 11.3. The van der Waals surface area contributed by atoms with E-state index in [0.29, 0.717) is 13.0 Å². The van der Waals surface area contributed by atoms with Crippen LogP contribution in [-0.4, -0.2) is 23.1 Å². The highest BCUT2D eigenvalue weighted by atomic mass is 16.5. The summed E-state index contributed by atoms with van der Waals surface area (Å²) in [6.45, 7) is 4.25. The summed E-state index contributed by atoms with van der Waals surface area (Å²) in [6.07, 6.45) is 8.72. The van der Waals surface area contributed by atoms with E-state index >= 15 is 0 Å². The van der Waals surface area contributed by atoms with Crippen LogP contribution < -0.4 is 0 Å². The van der Waals surface area contributed by atoms with Gasteiger partial charge in [-0.3, -0.25) is 0 Å². The van der Waals surface area contributed by atoms with E-state index in [1.807, 2.05) is 0 Å². The van der Waals surface area contributed by atoms with Crippen molar-refractivity contribution in [3.63, 3.8) is 0 Å². The Bertz CT molecular complexity index is 258. The molecule has 0 aromatic carbocycles. The first-order chi connectivity index (χ1) is 8.26. The number of esters is 1. The third-order valence-corrected chi connectivity index (χ3v) is 2.65. The molecule has 4 heteroatoms. The van der Waals surface area contributed by atoms with E-state index in [4.69, 9.17) is 10.3 Å². The highest BCUT2D eigenvalue weighted by molar-refractivity contribution is 6.33. The normalized spacial score (nSPS) is 9.76. The number of rotatable bonds is 10. The van der Waals surface area contributed by atoms with Crippen LogP contribution in [0.25, 0.3) is 5.53 Å². The molecule has 0 bridgehead atoms. The first-order valence-corrected chi connectivity index (χ1v) is 6.64. The number of carbonyl (C=O) groups is 1. The Hall–Kier alpha value is -1.15. The third-order valence-electron chi connectivity index (χ3n) is 2.65. The van der Waals surface area contributed by atoms with E-state index in [-0.39, 0.29) is 5.71 Å². The average molecular weight is 240 g/mol. The number of nitrogens with zero attached hydrogens (tertiary/aromatic N) is 2. The van der Waals surface area contributed by atoms with E-state index < -0.39 is 5.97 Å². The molecule has 0 aromatic rings. The van der Waals surface area contributed by atoms with E-state index in [9.17, 15) is 4.79 Å². The summed E-state index contributed by atoms with van der Waals surface area (Å²) in [5.74, 6) is -0.499. The molecule has 0 spiro atoms. The van der Waals surface area contributed by atoms with Gasteiger partial charge in [-0.05, 0) is 13.3 Å². The van der Waals surface area contributed by atoms with Gasteiger partial charge in [0.15, 0.2) is 0 Å². The lowest BCUT2D eigenvalue weighted by molar-refractivity contribution is -0.140. The van der Waals surface area contributed by atoms with E-state index in [1.165, 1.54) is 32.1 Å². The van der Waals surface area contributed by atoms with Gasteiger partial charge in [-0.25, -0.2) is 4.79 Å². The minimum Gasteiger partial charge on any atom is -0.457 e. The fraction of sp³-hybridized carbons (Fsp3) is 0.846. The lowest BCUT2D eigenvalue weighted by atomic mass is 10.1. The summed E-state index contributed by atoms with van der Waals surface area (Å²) in [7, 11) is 0. The van der Waals surface area contributed by atoms with Crippen molar-refractivity contribution in [2.75, 3.05) is 6.61 Å². The maximum Gasteiger partial charge on any atom is 0.416 e. The smallest absolute Gasteiger partial charge is 0.416 e. The van der Waals surface area contributed by atoms with Crippen molar-refractivity contribution < 1.29 is 14.3 Å². The molecule has 0 heterocycles. The van der Waals surface area contributed by atoms with Crippen molar-refractivity contribution in [1.29, 1.82) is 0 Å². The highest BCUT2D eigenvalue weighted by Gasteiger charge is 2.20. The molecule has 17 heavy (non-hydrogen) atoms. The molecule has 0 amide bonds. The van der Waals surface area contributed by atoms with Gasteiger partial charge >= 0.3 is 11.7 Å². The van der Waals surface area contributed by atoms with E-state index in [2.05, 4.69) is 11.7 Å². The molecule has 0 radical (unpaired) electrons. The molecule has 0 unspecified atom stereocenters. The molecular formula is C13H24N2O2. The molecule has 0 saturated heterocycles. The zero-order chi connectivity index (χ0) is 12.9. The van der Waals surface area contributed by atoms with Gasteiger partial charge in [-0.2, -0.15) is 4.79 Å². The molecule has 0 atom stereocenters. The van der Waals surface area contributed by atoms with Gasteiger partial charge in [0.2, 0.25) is 0 Å². The minimum absolute atomic E-state index is 0.139. The molecule has 0 aromatic heterocycles. The number of hydrogen-bond donors (Lipinski definition) is 0. The lowest BCUT2D eigenvalue weighted by Crippen LogP contribution is -2.18. The van der Waals surface area contributed by atoms with Crippen LogP contribution in [0.3, 0.4) is 0 Å². The molecule has 0 saturated carbocycles. The van der Waals surface area contributed by atoms with Gasteiger partial charge in [-0.1, -0.05) is 45.4 Å². The number of hydrogen-bond acceptors (Lipinski definition) is 2. The van der Waals surface area contributed by atoms with Crippen LogP contribution >= 0.6 is 0 Å². The predicted molar refractivity (Wildman–Crippen MR) is 67.9 cm³/mol. The monoisotopic (exact) mass is 240 g/mol. The average Bonchev–Trinajstić information content (AvgIpc) is 2.33. The fourth-order valence-electron chi connectivity index (χ4n) is 1.66. The lowest BCUT2D eigenvalue weighted by Gasteiger charge is -2.00. The third kappa shape index (κ3) is 8.64. The highest BCUT2D eigenvalue weighted by Crippen LogP contribution is 2.08. The summed E-state index contributed by atoms with van der Waals surface area (Å²) < 4.78 is 4.78. The Morgan fingerprint density at radius 3 is 2.18 bits per heavy atom. The standard InChI is InChI=1S/C13H24N2O2/c1-3-5-6-7-8-9-10-11-12(15-14)13(16)17-4-2/h3-11H2,1-2H3. The van der Waals surface area contributed by atoms with Crippen molar-refractivity contribution in [2.24, 2.45) is 0 Å². The topological polar surface area (TPSA) is 62.7 Å². The first-order valence-electron chi connectivity index (χ1n) is 6.64. The predicted octanol–water partition coefficient (Wildman–Crippen LogP) is 3.36. The Morgan fingerprint density at radius 2 is 1.65 bits per heavy atom. The second-order valence-electron chi connectivity index (χ2n) is 4.14. The first kappa shape index (κ1) is 15.9. The zero-order valence-corrected chi connectivity index (χ0v) is 11.1. The van der Waals surface area contributed by atoms with Gasteiger partial charge in [0.25, 0.3) is 0 Å². The van der Waals surface area contributed by atoms with Gasteiger partial charge < -0.3 is 10.3 Å². The van der Waals surface area contributed by atoms with Gasteiger partial charge in [0.1, 0.15) is 0 Å². The van der Waals surface area contributed by atoms with Crippen LogP contribution in [0, 0.1) is 0 Å². The SMILES string of the molecule is CCCCCCCCCC(=[N+]=[N-])C(=O)OCC. The Kier molecular flexibility index (Phi) is 10.6. The van der Waals surface area contributed by atoms with Crippen molar-refractivity contribution >= 4 is 11.7 Å². The summed E-state index contributed by atoms with van der Waals surface area (Å²) in [4.78, 5) is 14.3. The molecule has 0 N–H and O–H groups in total. The number of unbranched alkanes of at least 4 members (excludes halogenated alkanes) is 6. The van der Waals surface area contributed by atoms with Gasteiger partial charge in [0.05, 0.1) is 13.0 Å². The van der Waals surface area contributed by atoms with E-state index in [1.54, 1.807) is 6.92 Å². The molecule has 0 aliphatic carbocycles. The van der Waals surface area contributed by atoms with Crippen LogP contribution in [0.5, 0.6) is 0 Å². The van der Waals surface area contributed by atoms with Crippen LogP contribution in [-0.2, 0) is 9.53 Å². The van der Waals surface area contributed by atoms with Gasteiger partial charge in [0, 0.05) is 0 Å². The molecular weight excluding hydrogens is 216 g/mol. The fourth-order valence-corrected chi connectivity index (χ4v) is 1.66. The van der Waals surface area contributed by atoms with Crippen molar-refractivity contribution in [3.8, 4) is 0 Å². The molecule has 4 nitrogen and oxygen atoms in total. The number of ether oxygens (including phenoxy) is 1. The van der Waals surface area contributed by atoms with Crippen molar-refractivity contribution in [2.45, 2.75) is 65.2 Å². The molecule has 98 valence electrons. The van der Waals surface area contributed by atoms with E-state index in [0.717, 1.165) is 12.8 Å². The Morgan fingerprint density at radius 1 is 1.06 bits per heavy atom. The van der Waals surface area contributed by atoms with Gasteiger partial charge in [-0.15, -0.1) is 0 Å². The Balaban J connectivity index is 3.58. The quantitative estimate of drug-likeness (QED) is 0.193. The summed E-state index contributed by atoms with van der Waals surface area (Å²) >= 11 is 0. The van der Waals surface area contributed by atoms with Crippen LogP contribution in [0.1, 0.15) is 65.2 Å². The second-order valence-corrected chi connectivity index (χ2v) is 4.14. The van der Waals surface area contributed by atoms with Crippen LogP contribution in [0.4, 0.5) is 0 Å². The van der Waals surface area contributed by atoms with Crippen molar-refractivity contribution in [1.82, 2.24) is 0 Å². The van der Waals surface area contributed by atoms with Crippen LogP contribution in [0.15, 0.2) is 0 Å². The summed E-state index contributed by atoms with van der Waals surface area (Å²) in [6, 6.07) is 0. The Labute approximate surface area is 104 Å². The molecule has 0 rings (SSSR count). The minimum atomic E-state index is -0.499. The van der Waals surface area contributed by atoms with Crippen LogP contribution in [0.2, 0.25) is 0 Å². The summed E-state index contributed by atoms with van der Waals surface area (Å²) in [5.41, 5.74) is 8.82. The zero-order valence-electron chi connectivity index (χ0n) is 11.1. The number of carbonyl (C=O) groups excluding carboxylic acids is 1. The largest absolute Gasteiger partial charge is 0.457 e.